The number of thiazole rings is 1. The van der Waals surface area contributed by atoms with E-state index < -0.39 is 6.17 Å². The maximum atomic E-state index is 13.5. The van der Waals surface area contributed by atoms with E-state index in [2.05, 4.69) is 10.3 Å². The maximum absolute atomic E-state index is 13.5. The number of halogens is 1. The van der Waals surface area contributed by atoms with Crippen molar-refractivity contribution in [3.63, 3.8) is 0 Å². The molecule has 1 aromatic heterocycles. The first-order valence-corrected chi connectivity index (χ1v) is 8.23. The molecule has 0 saturated carbocycles. The van der Waals surface area contributed by atoms with Gasteiger partial charge in [-0.25, -0.2) is 9.37 Å². The number of carbonyl (C=O) groups is 1. The summed E-state index contributed by atoms with van der Waals surface area (Å²) in [5.74, 6) is -0.231. The number of carbonyl (C=O) groups excluding carboxylic acids is 1. The molecule has 1 aliphatic heterocycles. The number of alkyl halides is 1. The van der Waals surface area contributed by atoms with E-state index in [1.165, 1.54) is 11.3 Å². The second-order valence-corrected chi connectivity index (χ2v) is 6.31. The number of para-hydroxylation sites is 1. The summed E-state index contributed by atoms with van der Waals surface area (Å²) in [6.45, 7) is 3.11. The van der Waals surface area contributed by atoms with Gasteiger partial charge in [0, 0.05) is 17.6 Å². The highest BCUT2D eigenvalue weighted by atomic mass is 32.1. The topological polar surface area (TPSA) is 45.2 Å². The van der Waals surface area contributed by atoms with Gasteiger partial charge in [0.05, 0.1) is 6.54 Å². The molecular formula is C16H18FN3OS. The highest BCUT2D eigenvalue weighted by Gasteiger charge is 2.22. The van der Waals surface area contributed by atoms with Crippen molar-refractivity contribution in [3.05, 3.63) is 40.9 Å². The van der Waals surface area contributed by atoms with Gasteiger partial charge in [0.2, 0.25) is 0 Å². The second kappa shape index (κ2) is 6.44. The zero-order chi connectivity index (χ0) is 15.5. The number of benzene rings is 1. The van der Waals surface area contributed by atoms with Crippen LogP contribution in [0.5, 0.6) is 0 Å². The Hall–Kier alpha value is -1.95. The molecule has 1 saturated heterocycles. The molecule has 116 valence electrons. The molecule has 6 heteroatoms. The van der Waals surface area contributed by atoms with Crippen molar-refractivity contribution in [2.24, 2.45) is 0 Å². The third-order valence-electron chi connectivity index (χ3n) is 3.75. The zero-order valence-electron chi connectivity index (χ0n) is 12.4. The van der Waals surface area contributed by atoms with E-state index in [0.29, 0.717) is 18.7 Å². The second-order valence-electron chi connectivity index (χ2n) is 5.47. The molecule has 1 aromatic carbocycles. The SMILES string of the molecule is Cc1ccccc1NC(=O)c1csc(N2CCCC(F)C2)n1. The van der Waals surface area contributed by atoms with Gasteiger partial charge in [0.1, 0.15) is 11.9 Å². The van der Waals surface area contributed by atoms with Crippen molar-refractivity contribution in [2.45, 2.75) is 25.9 Å². The molecule has 1 unspecified atom stereocenters. The van der Waals surface area contributed by atoms with Gasteiger partial charge in [-0.05, 0) is 31.4 Å². The van der Waals surface area contributed by atoms with E-state index in [4.69, 9.17) is 0 Å². The number of amides is 1. The lowest BCUT2D eigenvalue weighted by Crippen LogP contribution is -2.36. The van der Waals surface area contributed by atoms with Crippen LogP contribution in [0.4, 0.5) is 15.2 Å². The summed E-state index contributed by atoms with van der Waals surface area (Å²) in [6, 6.07) is 7.61. The average molecular weight is 319 g/mol. The Morgan fingerprint density at radius 2 is 2.27 bits per heavy atom. The predicted octanol–water partition coefficient (Wildman–Crippen LogP) is 3.64. The molecule has 1 aliphatic rings. The minimum absolute atomic E-state index is 0.231. The van der Waals surface area contributed by atoms with Gasteiger partial charge in [0.15, 0.2) is 5.13 Å². The molecule has 0 spiro atoms. The Balaban J connectivity index is 1.70. The standard InChI is InChI=1S/C16H18FN3OS/c1-11-5-2-3-7-13(11)18-15(21)14-10-22-16(19-14)20-8-4-6-12(17)9-20/h2-3,5,7,10,12H,4,6,8-9H2,1H3,(H,18,21). The van der Waals surface area contributed by atoms with E-state index in [1.54, 1.807) is 5.38 Å². The lowest BCUT2D eigenvalue weighted by molar-refractivity contribution is 0.102. The Bertz CT molecular complexity index is 673. The largest absolute Gasteiger partial charge is 0.345 e. The van der Waals surface area contributed by atoms with Gasteiger partial charge >= 0.3 is 0 Å². The lowest BCUT2D eigenvalue weighted by atomic mass is 10.1. The van der Waals surface area contributed by atoms with Crippen LogP contribution in [-0.2, 0) is 0 Å². The Kier molecular flexibility index (Phi) is 4.38. The van der Waals surface area contributed by atoms with Crippen LogP contribution in [0, 0.1) is 6.92 Å². The number of nitrogens with zero attached hydrogens (tertiary/aromatic N) is 2. The van der Waals surface area contributed by atoms with Gasteiger partial charge < -0.3 is 10.2 Å². The van der Waals surface area contributed by atoms with Gasteiger partial charge in [-0.2, -0.15) is 0 Å². The number of aromatic nitrogens is 1. The van der Waals surface area contributed by atoms with Gasteiger partial charge in [0.25, 0.3) is 5.91 Å². The fourth-order valence-electron chi connectivity index (χ4n) is 2.51. The third kappa shape index (κ3) is 3.27. The number of hydrogen-bond acceptors (Lipinski definition) is 4. The lowest BCUT2D eigenvalue weighted by Gasteiger charge is -2.28. The predicted molar refractivity (Wildman–Crippen MR) is 87.6 cm³/mol. The summed E-state index contributed by atoms with van der Waals surface area (Å²) >= 11 is 1.39. The first-order valence-electron chi connectivity index (χ1n) is 7.35. The highest BCUT2D eigenvalue weighted by molar-refractivity contribution is 7.14. The van der Waals surface area contributed by atoms with Crippen molar-refractivity contribution in [1.82, 2.24) is 4.98 Å². The minimum Gasteiger partial charge on any atom is -0.345 e. The van der Waals surface area contributed by atoms with E-state index in [0.717, 1.165) is 29.3 Å². The normalized spacial score (nSPS) is 18.3. The zero-order valence-corrected chi connectivity index (χ0v) is 13.2. The molecule has 1 atom stereocenters. The van der Waals surface area contributed by atoms with E-state index in [1.807, 2.05) is 36.1 Å². The van der Waals surface area contributed by atoms with Crippen LogP contribution in [0.25, 0.3) is 0 Å². The molecule has 4 nitrogen and oxygen atoms in total. The summed E-state index contributed by atoms with van der Waals surface area (Å²) in [5, 5.41) is 5.31. The van der Waals surface area contributed by atoms with Crippen LogP contribution in [0.1, 0.15) is 28.9 Å². The van der Waals surface area contributed by atoms with Gasteiger partial charge in [-0.3, -0.25) is 4.79 Å². The van der Waals surface area contributed by atoms with Crippen LogP contribution in [0.15, 0.2) is 29.6 Å². The molecule has 1 fully saturated rings. The van der Waals surface area contributed by atoms with Crippen LogP contribution >= 0.6 is 11.3 Å². The number of nitrogens with one attached hydrogen (secondary N) is 1. The summed E-state index contributed by atoms with van der Waals surface area (Å²) < 4.78 is 13.5. The molecular weight excluding hydrogens is 301 g/mol. The number of aryl methyl sites for hydroxylation is 1. The van der Waals surface area contributed by atoms with Crippen molar-refractivity contribution >= 4 is 28.1 Å². The number of piperidine rings is 1. The summed E-state index contributed by atoms with van der Waals surface area (Å²) in [5.41, 5.74) is 2.16. The average Bonchev–Trinajstić information content (AvgIpc) is 2.99. The summed E-state index contributed by atoms with van der Waals surface area (Å²) in [6.07, 6.45) is 0.635. The van der Waals surface area contributed by atoms with E-state index >= 15 is 0 Å². The Morgan fingerprint density at radius 1 is 1.45 bits per heavy atom. The fourth-order valence-corrected chi connectivity index (χ4v) is 3.36. The fraction of sp³-hybridized carbons (Fsp3) is 0.375. The van der Waals surface area contributed by atoms with Crippen molar-refractivity contribution < 1.29 is 9.18 Å². The molecule has 0 aliphatic carbocycles. The van der Waals surface area contributed by atoms with Crippen molar-refractivity contribution in [2.75, 3.05) is 23.3 Å². The van der Waals surface area contributed by atoms with Crippen LogP contribution < -0.4 is 10.2 Å². The van der Waals surface area contributed by atoms with Crippen molar-refractivity contribution in [3.8, 4) is 0 Å². The monoisotopic (exact) mass is 319 g/mol. The molecule has 0 bridgehead atoms. The number of hydrogen-bond donors (Lipinski definition) is 1. The molecule has 22 heavy (non-hydrogen) atoms. The Labute approximate surface area is 133 Å². The van der Waals surface area contributed by atoms with Gasteiger partial charge in [-0.1, -0.05) is 18.2 Å². The van der Waals surface area contributed by atoms with Crippen LogP contribution in [0.3, 0.4) is 0 Å². The third-order valence-corrected chi connectivity index (χ3v) is 4.65. The highest BCUT2D eigenvalue weighted by Crippen LogP contribution is 2.25. The van der Waals surface area contributed by atoms with E-state index in [-0.39, 0.29) is 5.91 Å². The molecule has 0 radical (unpaired) electrons. The van der Waals surface area contributed by atoms with Crippen LogP contribution in [0.2, 0.25) is 0 Å². The quantitative estimate of drug-likeness (QED) is 0.939. The summed E-state index contributed by atoms with van der Waals surface area (Å²) in [7, 11) is 0. The molecule has 2 aromatic rings. The first kappa shape index (κ1) is 15.0. The molecule has 1 N–H and O–H groups in total. The summed E-state index contributed by atoms with van der Waals surface area (Å²) in [4.78, 5) is 18.5. The molecule has 2 heterocycles. The Morgan fingerprint density at radius 3 is 3.05 bits per heavy atom. The smallest absolute Gasteiger partial charge is 0.275 e. The van der Waals surface area contributed by atoms with Gasteiger partial charge in [-0.15, -0.1) is 11.3 Å². The minimum atomic E-state index is -0.804. The van der Waals surface area contributed by atoms with Crippen LogP contribution in [-0.4, -0.2) is 30.2 Å². The molecule has 3 rings (SSSR count). The number of rotatable bonds is 3. The van der Waals surface area contributed by atoms with Crippen molar-refractivity contribution in [1.29, 1.82) is 0 Å². The number of anilines is 2. The molecule has 1 amide bonds. The maximum Gasteiger partial charge on any atom is 0.275 e. The van der Waals surface area contributed by atoms with E-state index in [9.17, 15) is 9.18 Å². The first-order chi connectivity index (χ1) is 10.6.